The lowest BCUT2D eigenvalue weighted by Gasteiger charge is -2.10. The fourth-order valence-electron chi connectivity index (χ4n) is 3.48. The number of nitrogens with two attached hydrogens (primary N) is 2. The Kier molecular flexibility index (Phi) is 6.22. The fraction of sp³-hybridized carbons (Fsp3) is 0.130. The Labute approximate surface area is 195 Å². The molecule has 8 nitrogen and oxygen atoms in total. The molecule has 12 heteroatoms. The summed E-state index contributed by atoms with van der Waals surface area (Å²) in [5.74, 6) is -2.66. The van der Waals surface area contributed by atoms with Gasteiger partial charge >= 0.3 is 6.18 Å². The van der Waals surface area contributed by atoms with Crippen LogP contribution in [0.25, 0.3) is 10.9 Å². The molecule has 2 aromatic carbocycles. The summed E-state index contributed by atoms with van der Waals surface area (Å²) in [6.45, 7) is 0.331. The molecule has 0 aliphatic carbocycles. The van der Waals surface area contributed by atoms with E-state index >= 15 is 0 Å². The molecule has 0 unspecified atom stereocenters. The van der Waals surface area contributed by atoms with Crippen molar-refractivity contribution >= 4 is 28.4 Å². The van der Waals surface area contributed by atoms with Gasteiger partial charge in [-0.25, -0.2) is 9.37 Å². The fourth-order valence-corrected chi connectivity index (χ4v) is 3.48. The predicted molar refractivity (Wildman–Crippen MR) is 119 cm³/mol. The van der Waals surface area contributed by atoms with Gasteiger partial charge in [0.2, 0.25) is 0 Å². The number of anilines is 1. The monoisotopic (exact) mass is 486 g/mol. The van der Waals surface area contributed by atoms with E-state index in [1.54, 1.807) is 24.3 Å². The molecule has 35 heavy (non-hydrogen) atoms. The van der Waals surface area contributed by atoms with Crippen LogP contribution in [-0.2, 0) is 19.3 Å². The highest BCUT2D eigenvalue weighted by atomic mass is 19.4. The van der Waals surface area contributed by atoms with Crippen molar-refractivity contribution in [3.63, 3.8) is 0 Å². The number of carbonyl (C=O) groups is 2. The van der Waals surface area contributed by atoms with Gasteiger partial charge in [-0.1, -0.05) is 24.3 Å². The average molecular weight is 486 g/mol. The van der Waals surface area contributed by atoms with Crippen LogP contribution in [0.2, 0.25) is 0 Å². The van der Waals surface area contributed by atoms with Gasteiger partial charge in [0.05, 0.1) is 23.3 Å². The molecule has 4 rings (SSSR count). The lowest BCUT2D eigenvalue weighted by Crippen LogP contribution is -2.19. The smallest absolute Gasteiger partial charge is 0.364 e. The summed E-state index contributed by atoms with van der Waals surface area (Å²) in [5, 5.41) is 5.92. The zero-order chi connectivity index (χ0) is 25.3. The molecule has 0 fully saturated rings. The van der Waals surface area contributed by atoms with Gasteiger partial charge in [-0.05, 0) is 29.3 Å². The van der Waals surface area contributed by atoms with Crippen LogP contribution in [0.15, 0.2) is 54.7 Å². The molecule has 2 aromatic heterocycles. The third-order valence-electron chi connectivity index (χ3n) is 5.15. The van der Waals surface area contributed by atoms with E-state index in [-0.39, 0.29) is 28.7 Å². The van der Waals surface area contributed by atoms with Gasteiger partial charge in [-0.3, -0.25) is 14.3 Å². The topological polar surface area (TPSA) is 129 Å². The molecular weight excluding hydrogens is 468 g/mol. The minimum Gasteiger partial charge on any atom is -0.364 e. The molecule has 0 aliphatic rings. The number of benzene rings is 2. The molecule has 0 atom stereocenters. The zero-order valence-electron chi connectivity index (χ0n) is 17.9. The van der Waals surface area contributed by atoms with E-state index in [1.807, 2.05) is 0 Å². The van der Waals surface area contributed by atoms with Crippen LogP contribution in [0.4, 0.5) is 23.2 Å². The van der Waals surface area contributed by atoms with Crippen molar-refractivity contribution in [2.45, 2.75) is 19.3 Å². The molecule has 0 aliphatic heterocycles. The Hall–Kier alpha value is -4.32. The quantitative estimate of drug-likeness (QED) is 0.360. The summed E-state index contributed by atoms with van der Waals surface area (Å²) < 4.78 is 55.7. The number of nitrogens with one attached hydrogen (secondary N) is 1. The Morgan fingerprint density at radius 2 is 1.71 bits per heavy atom. The van der Waals surface area contributed by atoms with Gasteiger partial charge in [0, 0.05) is 24.2 Å². The second-order valence-electron chi connectivity index (χ2n) is 7.64. The van der Waals surface area contributed by atoms with Gasteiger partial charge in [-0.15, -0.1) is 0 Å². The van der Waals surface area contributed by atoms with Crippen LogP contribution in [0.3, 0.4) is 0 Å². The largest absolute Gasteiger partial charge is 0.437 e. The molecular formula is C23H18F4N6O2. The number of aromatic nitrogens is 3. The standard InChI is InChI=1S/C23H18F4N6O2/c24-14-5-6-15-16(8-18(21(29)34)30-17(15)7-14)22(35)31-19-11-33(32-20(19)23(25,26)27)10-13-3-1-12(9-28)2-4-13/h1-8,11H,9-10,28H2,(H2,29,34)(H,31,35). The summed E-state index contributed by atoms with van der Waals surface area (Å²) >= 11 is 0. The highest BCUT2D eigenvalue weighted by Gasteiger charge is 2.38. The van der Waals surface area contributed by atoms with Crippen LogP contribution in [0.1, 0.15) is 37.7 Å². The van der Waals surface area contributed by atoms with Crippen molar-refractivity contribution in [2.75, 3.05) is 5.32 Å². The summed E-state index contributed by atoms with van der Waals surface area (Å²) in [6, 6.07) is 11.2. The van der Waals surface area contributed by atoms with E-state index in [0.29, 0.717) is 12.1 Å². The maximum atomic E-state index is 13.7. The third kappa shape index (κ3) is 5.11. The highest BCUT2D eigenvalue weighted by molar-refractivity contribution is 6.13. The number of rotatable bonds is 6. The van der Waals surface area contributed by atoms with Crippen LogP contribution >= 0.6 is 0 Å². The van der Waals surface area contributed by atoms with Gasteiger partial charge in [-0.2, -0.15) is 18.3 Å². The van der Waals surface area contributed by atoms with Gasteiger partial charge < -0.3 is 16.8 Å². The lowest BCUT2D eigenvalue weighted by molar-refractivity contribution is -0.140. The van der Waals surface area contributed by atoms with Crippen LogP contribution in [0, 0.1) is 5.82 Å². The molecule has 4 aromatic rings. The minimum absolute atomic E-state index is 0.00703. The van der Waals surface area contributed by atoms with Crippen molar-refractivity contribution in [3.05, 3.63) is 88.6 Å². The summed E-state index contributed by atoms with van der Waals surface area (Å²) in [4.78, 5) is 28.5. The summed E-state index contributed by atoms with van der Waals surface area (Å²) in [5.41, 5.74) is 9.83. The third-order valence-corrected chi connectivity index (χ3v) is 5.15. The first-order valence-electron chi connectivity index (χ1n) is 10.2. The number of nitrogens with zero attached hydrogens (tertiary/aromatic N) is 3. The number of halogens is 4. The van der Waals surface area contributed by atoms with Crippen molar-refractivity contribution < 1.29 is 27.2 Å². The first-order chi connectivity index (χ1) is 16.5. The molecule has 0 saturated heterocycles. The normalized spacial score (nSPS) is 11.6. The van der Waals surface area contributed by atoms with E-state index in [0.717, 1.165) is 34.6 Å². The first-order valence-corrected chi connectivity index (χ1v) is 10.2. The highest BCUT2D eigenvalue weighted by Crippen LogP contribution is 2.34. The van der Waals surface area contributed by atoms with Crippen molar-refractivity contribution in [1.82, 2.24) is 14.8 Å². The van der Waals surface area contributed by atoms with Crippen LogP contribution in [0.5, 0.6) is 0 Å². The predicted octanol–water partition coefficient (Wildman–Crippen LogP) is 3.45. The van der Waals surface area contributed by atoms with Gasteiger partial charge in [0.1, 0.15) is 11.5 Å². The number of fused-ring (bicyclic) bond motifs is 1. The average Bonchev–Trinajstić information content (AvgIpc) is 3.21. The first kappa shape index (κ1) is 23.8. The SMILES string of the molecule is NCc1ccc(Cn2cc(NC(=O)c3cc(C(N)=O)nc4cc(F)ccc34)c(C(F)(F)F)n2)cc1. The maximum Gasteiger partial charge on any atom is 0.437 e. The van der Waals surface area contributed by atoms with Crippen molar-refractivity contribution in [3.8, 4) is 0 Å². The molecule has 0 spiro atoms. The Morgan fingerprint density at radius 1 is 1.03 bits per heavy atom. The number of alkyl halides is 3. The summed E-state index contributed by atoms with van der Waals surface area (Å²) in [6.07, 6.45) is -3.81. The van der Waals surface area contributed by atoms with E-state index in [4.69, 9.17) is 11.5 Å². The number of pyridine rings is 1. The number of amides is 2. The lowest BCUT2D eigenvalue weighted by atomic mass is 10.1. The molecule has 0 radical (unpaired) electrons. The van der Waals surface area contributed by atoms with E-state index < -0.39 is 35.2 Å². The Balaban J connectivity index is 1.70. The second kappa shape index (κ2) is 9.14. The maximum absolute atomic E-state index is 13.7. The second-order valence-corrected chi connectivity index (χ2v) is 7.64. The van der Waals surface area contributed by atoms with Crippen LogP contribution in [-0.4, -0.2) is 26.6 Å². The van der Waals surface area contributed by atoms with E-state index in [9.17, 15) is 27.2 Å². The van der Waals surface area contributed by atoms with E-state index in [2.05, 4.69) is 15.4 Å². The van der Waals surface area contributed by atoms with Gasteiger partial charge in [0.25, 0.3) is 11.8 Å². The molecule has 5 N–H and O–H groups in total. The van der Waals surface area contributed by atoms with Crippen molar-refractivity contribution in [2.24, 2.45) is 11.5 Å². The van der Waals surface area contributed by atoms with Gasteiger partial charge in [0.15, 0.2) is 5.69 Å². The minimum atomic E-state index is -4.86. The number of carbonyl (C=O) groups excluding carboxylic acids is 2. The zero-order valence-corrected chi connectivity index (χ0v) is 17.9. The number of hydrogen-bond donors (Lipinski definition) is 3. The summed E-state index contributed by atoms with van der Waals surface area (Å²) in [7, 11) is 0. The Bertz CT molecular complexity index is 1430. The molecule has 0 saturated carbocycles. The molecule has 0 bridgehead atoms. The molecule has 2 heterocycles. The van der Waals surface area contributed by atoms with Crippen LogP contribution < -0.4 is 16.8 Å². The van der Waals surface area contributed by atoms with E-state index in [1.165, 1.54) is 6.07 Å². The number of hydrogen-bond acceptors (Lipinski definition) is 5. The molecule has 180 valence electrons. The van der Waals surface area contributed by atoms with Crippen molar-refractivity contribution in [1.29, 1.82) is 0 Å². The number of primary amides is 1. The molecule has 2 amide bonds. The Morgan fingerprint density at radius 3 is 2.34 bits per heavy atom.